The zero-order valence-electron chi connectivity index (χ0n) is 13.8. The zero-order chi connectivity index (χ0) is 15.7. The van der Waals surface area contributed by atoms with E-state index in [0.717, 1.165) is 12.8 Å². The Kier molecular flexibility index (Phi) is 4.40. The number of ether oxygens (including phenoxy) is 1. The fraction of sp³-hybridized carbons (Fsp3) is 0.667. The van der Waals surface area contributed by atoms with Gasteiger partial charge in [-0.05, 0) is 61.6 Å². The van der Waals surface area contributed by atoms with Crippen molar-refractivity contribution in [3.8, 4) is 0 Å². The van der Waals surface area contributed by atoms with Crippen molar-refractivity contribution < 1.29 is 9.53 Å². The molecule has 116 valence electrons. The molecule has 0 spiro atoms. The SMILES string of the molecule is CCOC(=O)C1(C)CC1(C)CC(c1ccncc1)C(C)C. The molecular weight excluding hydrogens is 262 g/mol. The Hall–Kier alpha value is -1.38. The summed E-state index contributed by atoms with van der Waals surface area (Å²) < 4.78 is 5.26. The van der Waals surface area contributed by atoms with Crippen molar-refractivity contribution in [2.75, 3.05) is 6.61 Å². The summed E-state index contributed by atoms with van der Waals surface area (Å²) in [4.78, 5) is 16.3. The van der Waals surface area contributed by atoms with Gasteiger partial charge < -0.3 is 4.74 Å². The predicted octanol–water partition coefficient (Wildman–Crippen LogP) is 4.19. The van der Waals surface area contributed by atoms with E-state index in [2.05, 4.69) is 44.8 Å². The van der Waals surface area contributed by atoms with Crippen LogP contribution in [-0.2, 0) is 9.53 Å². The molecule has 1 aromatic heterocycles. The highest BCUT2D eigenvalue weighted by molar-refractivity contribution is 5.81. The molecule has 0 amide bonds. The van der Waals surface area contributed by atoms with E-state index in [9.17, 15) is 4.79 Å². The summed E-state index contributed by atoms with van der Waals surface area (Å²) in [5, 5.41) is 0. The van der Waals surface area contributed by atoms with Crippen molar-refractivity contribution in [3.05, 3.63) is 30.1 Å². The minimum absolute atomic E-state index is 0.0373. The lowest BCUT2D eigenvalue weighted by atomic mass is 9.78. The van der Waals surface area contributed by atoms with Crippen LogP contribution in [0.4, 0.5) is 0 Å². The Balaban J connectivity index is 2.14. The van der Waals surface area contributed by atoms with E-state index < -0.39 is 0 Å². The maximum atomic E-state index is 12.2. The van der Waals surface area contributed by atoms with Gasteiger partial charge in [0.05, 0.1) is 12.0 Å². The van der Waals surface area contributed by atoms with Gasteiger partial charge in [-0.3, -0.25) is 9.78 Å². The van der Waals surface area contributed by atoms with Gasteiger partial charge in [-0.15, -0.1) is 0 Å². The molecule has 3 nitrogen and oxygen atoms in total. The summed E-state index contributed by atoms with van der Waals surface area (Å²) in [5.41, 5.74) is 1.04. The number of hydrogen-bond donors (Lipinski definition) is 0. The number of pyridine rings is 1. The third-order valence-electron chi connectivity index (χ3n) is 5.29. The molecule has 0 aromatic carbocycles. The molecule has 1 aromatic rings. The fourth-order valence-electron chi connectivity index (χ4n) is 3.48. The summed E-state index contributed by atoms with van der Waals surface area (Å²) in [6.45, 7) is 11.1. The summed E-state index contributed by atoms with van der Waals surface area (Å²) >= 11 is 0. The van der Waals surface area contributed by atoms with Crippen LogP contribution in [0.15, 0.2) is 24.5 Å². The topological polar surface area (TPSA) is 39.2 Å². The monoisotopic (exact) mass is 289 g/mol. The van der Waals surface area contributed by atoms with Gasteiger partial charge in [0.25, 0.3) is 0 Å². The first-order valence-electron chi connectivity index (χ1n) is 7.91. The zero-order valence-corrected chi connectivity index (χ0v) is 13.8. The van der Waals surface area contributed by atoms with Crippen LogP contribution in [0.25, 0.3) is 0 Å². The van der Waals surface area contributed by atoms with Crippen molar-refractivity contribution >= 4 is 5.97 Å². The quantitative estimate of drug-likeness (QED) is 0.737. The highest BCUT2D eigenvalue weighted by Gasteiger charge is 2.66. The highest BCUT2D eigenvalue weighted by atomic mass is 16.5. The molecule has 0 saturated heterocycles. The number of rotatable bonds is 6. The third-order valence-corrected chi connectivity index (χ3v) is 5.29. The number of carbonyl (C=O) groups is 1. The van der Waals surface area contributed by atoms with Crippen LogP contribution < -0.4 is 0 Å². The standard InChI is InChI=1S/C18H27NO2/c1-6-21-16(20)18(5)12-17(18,4)11-15(13(2)3)14-7-9-19-10-8-14/h7-10,13,15H,6,11-12H2,1-5H3. The van der Waals surface area contributed by atoms with Crippen LogP contribution in [0.1, 0.15) is 58.9 Å². The first-order chi connectivity index (χ1) is 9.84. The summed E-state index contributed by atoms with van der Waals surface area (Å²) in [6, 6.07) is 4.19. The Morgan fingerprint density at radius 1 is 1.33 bits per heavy atom. The molecule has 21 heavy (non-hydrogen) atoms. The Bertz CT molecular complexity index is 499. The molecule has 2 rings (SSSR count). The fourth-order valence-corrected chi connectivity index (χ4v) is 3.48. The molecular formula is C18H27NO2. The molecule has 0 N–H and O–H groups in total. The number of nitrogens with zero attached hydrogens (tertiary/aromatic N) is 1. The predicted molar refractivity (Wildman–Crippen MR) is 83.9 cm³/mol. The molecule has 1 fully saturated rings. The second-order valence-corrected chi connectivity index (χ2v) is 7.13. The van der Waals surface area contributed by atoms with Crippen LogP contribution in [0.3, 0.4) is 0 Å². The van der Waals surface area contributed by atoms with E-state index in [4.69, 9.17) is 4.74 Å². The highest BCUT2D eigenvalue weighted by Crippen LogP contribution is 2.68. The van der Waals surface area contributed by atoms with Crippen LogP contribution >= 0.6 is 0 Å². The van der Waals surface area contributed by atoms with Gasteiger partial charge in [-0.2, -0.15) is 0 Å². The van der Waals surface area contributed by atoms with Gasteiger partial charge in [0, 0.05) is 12.4 Å². The maximum Gasteiger partial charge on any atom is 0.312 e. The van der Waals surface area contributed by atoms with Crippen molar-refractivity contribution in [1.82, 2.24) is 4.98 Å². The van der Waals surface area contributed by atoms with Crippen molar-refractivity contribution in [2.24, 2.45) is 16.7 Å². The first-order valence-corrected chi connectivity index (χ1v) is 7.91. The van der Waals surface area contributed by atoms with Crippen LogP contribution in [-0.4, -0.2) is 17.6 Å². The number of hydrogen-bond acceptors (Lipinski definition) is 3. The Labute approximate surface area is 128 Å². The number of carbonyl (C=O) groups excluding carboxylic acids is 1. The molecule has 3 unspecified atom stereocenters. The smallest absolute Gasteiger partial charge is 0.312 e. The van der Waals surface area contributed by atoms with Gasteiger partial charge in [-0.1, -0.05) is 20.8 Å². The molecule has 1 aliphatic carbocycles. The molecule has 1 saturated carbocycles. The summed E-state index contributed by atoms with van der Waals surface area (Å²) in [6.07, 6.45) is 5.64. The van der Waals surface area contributed by atoms with E-state index in [0.29, 0.717) is 18.4 Å². The average Bonchev–Trinajstić information content (AvgIpc) is 3.01. The van der Waals surface area contributed by atoms with Crippen LogP contribution in [0, 0.1) is 16.7 Å². The van der Waals surface area contributed by atoms with Crippen LogP contribution in [0.2, 0.25) is 0 Å². The summed E-state index contributed by atoms with van der Waals surface area (Å²) in [7, 11) is 0. The lowest BCUT2D eigenvalue weighted by molar-refractivity contribution is -0.150. The molecule has 3 heteroatoms. The number of esters is 1. The van der Waals surface area contributed by atoms with Crippen molar-refractivity contribution in [2.45, 2.75) is 53.4 Å². The van der Waals surface area contributed by atoms with E-state index in [-0.39, 0.29) is 16.8 Å². The van der Waals surface area contributed by atoms with Gasteiger partial charge in [0.15, 0.2) is 0 Å². The van der Waals surface area contributed by atoms with Gasteiger partial charge >= 0.3 is 5.97 Å². The molecule has 0 bridgehead atoms. The molecule has 3 atom stereocenters. The first kappa shape index (κ1) is 16.0. The van der Waals surface area contributed by atoms with Gasteiger partial charge in [-0.25, -0.2) is 0 Å². The van der Waals surface area contributed by atoms with Crippen LogP contribution in [0.5, 0.6) is 0 Å². The largest absolute Gasteiger partial charge is 0.466 e. The number of aromatic nitrogens is 1. The van der Waals surface area contributed by atoms with Gasteiger partial charge in [0.2, 0.25) is 0 Å². The molecule has 1 aliphatic rings. The second-order valence-electron chi connectivity index (χ2n) is 7.13. The lowest BCUT2D eigenvalue weighted by Gasteiger charge is -2.27. The molecule has 0 radical (unpaired) electrons. The normalized spacial score (nSPS) is 29.2. The van der Waals surface area contributed by atoms with E-state index in [1.54, 1.807) is 0 Å². The third kappa shape index (κ3) is 2.97. The Morgan fingerprint density at radius 3 is 2.48 bits per heavy atom. The average molecular weight is 289 g/mol. The van der Waals surface area contributed by atoms with E-state index >= 15 is 0 Å². The van der Waals surface area contributed by atoms with Crippen molar-refractivity contribution in [1.29, 1.82) is 0 Å². The second kappa shape index (κ2) is 5.78. The minimum atomic E-state index is -0.316. The summed E-state index contributed by atoms with van der Waals surface area (Å²) in [5.74, 6) is 0.954. The van der Waals surface area contributed by atoms with Gasteiger partial charge in [0.1, 0.15) is 0 Å². The van der Waals surface area contributed by atoms with E-state index in [1.807, 2.05) is 19.3 Å². The molecule has 1 heterocycles. The van der Waals surface area contributed by atoms with Crippen molar-refractivity contribution in [3.63, 3.8) is 0 Å². The minimum Gasteiger partial charge on any atom is -0.466 e. The molecule has 0 aliphatic heterocycles. The Morgan fingerprint density at radius 2 is 1.95 bits per heavy atom. The van der Waals surface area contributed by atoms with E-state index in [1.165, 1.54) is 5.56 Å². The maximum absolute atomic E-state index is 12.2. The lowest BCUT2D eigenvalue weighted by Crippen LogP contribution is -2.24.